The molecule has 0 saturated carbocycles. The number of benzene rings is 2. The third-order valence-electron chi connectivity index (χ3n) is 3.10. The number of hydrogen-bond acceptors (Lipinski definition) is 1. The molecule has 0 aromatic heterocycles. The van der Waals surface area contributed by atoms with Crippen molar-refractivity contribution in [3.63, 3.8) is 0 Å². The van der Waals surface area contributed by atoms with Gasteiger partial charge >= 0.3 is 0 Å². The molecule has 2 aromatic carbocycles. The smallest absolute Gasteiger partial charge is 0.195 e. The van der Waals surface area contributed by atoms with Crippen molar-refractivity contribution < 1.29 is 4.79 Å². The number of alkyl halides is 2. The molecule has 2 aromatic rings. The summed E-state index contributed by atoms with van der Waals surface area (Å²) in [5, 5.41) is 2.30. The van der Waals surface area contributed by atoms with Crippen LogP contribution in [0.5, 0.6) is 0 Å². The van der Waals surface area contributed by atoms with Gasteiger partial charge in [-0.15, -0.1) is 0 Å². The van der Waals surface area contributed by atoms with Gasteiger partial charge in [0.25, 0.3) is 0 Å². The minimum atomic E-state index is -0.148. The van der Waals surface area contributed by atoms with Crippen molar-refractivity contribution in [2.24, 2.45) is 0 Å². The maximum atomic E-state index is 12.8. The summed E-state index contributed by atoms with van der Waals surface area (Å²) in [7, 11) is 0. The predicted octanol–water partition coefficient (Wildman–Crippen LogP) is 7.54. The largest absolute Gasteiger partial charge is 0.289 e. The third kappa shape index (κ3) is 3.65. The Morgan fingerprint density at radius 2 is 1.18 bits per heavy atom. The van der Waals surface area contributed by atoms with Crippen molar-refractivity contribution >= 4 is 92.7 Å². The molecule has 0 atom stereocenters. The summed E-state index contributed by atoms with van der Waals surface area (Å²) >= 11 is 26.1. The molecular weight excluding hydrogens is 587 g/mol. The average molecular weight is 595 g/mol. The van der Waals surface area contributed by atoms with Gasteiger partial charge in [0.05, 0.1) is 10.0 Å². The van der Waals surface area contributed by atoms with E-state index in [1.165, 1.54) is 0 Å². The number of carbonyl (C=O) groups excluding carboxylic acids is 1. The van der Waals surface area contributed by atoms with Gasteiger partial charge in [-0.1, -0.05) is 67.2 Å². The van der Waals surface area contributed by atoms with E-state index in [0.29, 0.717) is 40.8 Å². The van der Waals surface area contributed by atoms with Crippen LogP contribution in [0.2, 0.25) is 10.0 Å². The molecule has 7 heteroatoms. The fraction of sp³-hybridized carbons (Fsp3) is 0.133. The van der Waals surface area contributed by atoms with E-state index in [1.807, 2.05) is 12.1 Å². The molecule has 2 rings (SSSR count). The highest BCUT2D eigenvalue weighted by Gasteiger charge is 2.20. The number of halogens is 6. The van der Waals surface area contributed by atoms with E-state index in [-0.39, 0.29) is 5.78 Å². The topological polar surface area (TPSA) is 17.1 Å². The molecule has 0 aliphatic carbocycles. The van der Waals surface area contributed by atoms with Gasteiger partial charge in [-0.3, -0.25) is 4.79 Å². The van der Waals surface area contributed by atoms with Gasteiger partial charge in [-0.05, 0) is 55.1 Å². The first kappa shape index (κ1) is 18.9. The monoisotopic (exact) mass is 590 g/mol. The van der Waals surface area contributed by atoms with E-state index in [1.54, 1.807) is 12.1 Å². The van der Waals surface area contributed by atoms with Crippen LogP contribution in [0, 0.1) is 0 Å². The lowest BCUT2D eigenvalue weighted by Crippen LogP contribution is -2.05. The van der Waals surface area contributed by atoms with Crippen LogP contribution >= 0.6 is 86.9 Å². The number of rotatable bonds is 4. The van der Waals surface area contributed by atoms with E-state index in [4.69, 9.17) is 23.2 Å². The summed E-state index contributed by atoms with van der Waals surface area (Å²) in [6.45, 7) is 0. The molecule has 0 heterocycles. The summed E-state index contributed by atoms with van der Waals surface area (Å²) in [5.41, 5.74) is 2.82. The standard InChI is InChI=1S/C15H8Br4Cl2O/c16-5-7-1-3-9(11(18)13(7)20)15(22)10-4-2-8(6-17)14(21)12(10)19/h1-4H,5-6H2. The van der Waals surface area contributed by atoms with E-state index < -0.39 is 0 Å². The van der Waals surface area contributed by atoms with Gasteiger partial charge in [0.2, 0.25) is 0 Å². The van der Waals surface area contributed by atoms with Crippen LogP contribution < -0.4 is 0 Å². The van der Waals surface area contributed by atoms with Crippen molar-refractivity contribution in [3.8, 4) is 0 Å². The Labute approximate surface area is 172 Å². The third-order valence-corrected chi connectivity index (χ3v) is 7.28. The molecule has 0 aliphatic rings. The first-order valence-electron chi connectivity index (χ1n) is 6.02. The Morgan fingerprint density at radius 3 is 1.50 bits per heavy atom. The van der Waals surface area contributed by atoms with Gasteiger partial charge in [-0.2, -0.15) is 0 Å². The average Bonchev–Trinajstić information content (AvgIpc) is 2.52. The molecule has 0 aliphatic heterocycles. The molecule has 1 nitrogen and oxygen atoms in total. The quantitative estimate of drug-likeness (QED) is 0.264. The summed E-state index contributed by atoms with van der Waals surface area (Å²) in [4.78, 5) is 12.8. The van der Waals surface area contributed by atoms with Gasteiger partial charge in [-0.25, -0.2) is 0 Å². The number of carbonyl (C=O) groups is 1. The lowest BCUT2D eigenvalue weighted by atomic mass is 10.0. The van der Waals surface area contributed by atoms with Crippen LogP contribution in [0.3, 0.4) is 0 Å². The zero-order valence-electron chi connectivity index (χ0n) is 10.9. The minimum Gasteiger partial charge on any atom is -0.289 e. The summed E-state index contributed by atoms with van der Waals surface area (Å²) in [6.07, 6.45) is 0. The second-order valence-corrected chi connectivity index (χ2v) is 7.86. The van der Waals surface area contributed by atoms with Crippen LogP contribution in [0.1, 0.15) is 27.0 Å². The molecule has 22 heavy (non-hydrogen) atoms. The maximum absolute atomic E-state index is 12.8. The Bertz CT molecular complexity index is 685. The first-order chi connectivity index (χ1) is 10.4. The Hall–Kier alpha value is 0.610. The van der Waals surface area contributed by atoms with Gasteiger partial charge in [0, 0.05) is 30.7 Å². The van der Waals surface area contributed by atoms with Crippen LogP contribution in [0.4, 0.5) is 0 Å². The summed E-state index contributed by atoms with van der Waals surface area (Å²) in [5.74, 6) is -0.148. The highest BCUT2D eigenvalue weighted by Crippen LogP contribution is 2.36. The normalized spacial score (nSPS) is 10.8. The lowest BCUT2D eigenvalue weighted by Gasteiger charge is -2.12. The molecule has 0 saturated heterocycles. The first-order valence-corrected chi connectivity index (χ1v) is 10.6. The van der Waals surface area contributed by atoms with Gasteiger partial charge in [0.1, 0.15) is 0 Å². The second-order valence-electron chi connectivity index (χ2n) is 4.40. The molecule has 0 N–H and O–H groups in total. The summed E-state index contributed by atoms with van der Waals surface area (Å²) in [6, 6.07) is 7.18. The SMILES string of the molecule is O=C(c1ccc(CBr)c(Cl)c1Br)c1ccc(CBr)c(Cl)c1Br. The Balaban J connectivity index is 2.54. The Kier molecular flexibility index (Phi) is 7.00. The molecule has 0 spiro atoms. The van der Waals surface area contributed by atoms with Crippen LogP contribution in [-0.2, 0) is 10.7 Å². The fourth-order valence-electron chi connectivity index (χ4n) is 1.88. The van der Waals surface area contributed by atoms with Crippen LogP contribution in [0.25, 0.3) is 0 Å². The van der Waals surface area contributed by atoms with Crippen molar-refractivity contribution in [2.75, 3.05) is 0 Å². The lowest BCUT2D eigenvalue weighted by molar-refractivity contribution is 0.103. The number of ketones is 1. The van der Waals surface area contributed by atoms with Crippen molar-refractivity contribution in [2.45, 2.75) is 10.7 Å². The number of hydrogen-bond donors (Lipinski definition) is 0. The van der Waals surface area contributed by atoms with E-state index in [9.17, 15) is 4.79 Å². The van der Waals surface area contributed by atoms with Crippen LogP contribution in [0.15, 0.2) is 33.2 Å². The maximum Gasteiger partial charge on any atom is 0.195 e. The fourth-order valence-corrected chi connectivity index (χ4v) is 4.74. The zero-order valence-corrected chi connectivity index (χ0v) is 18.8. The molecule has 0 bridgehead atoms. The van der Waals surface area contributed by atoms with Gasteiger partial charge < -0.3 is 0 Å². The van der Waals surface area contributed by atoms with E-state index >= 15 is 0 Å². The van der Waals surface area contributed by atoms with Crippen molar-refractivity contribution in [1.29, 1.82) is 0 Å². The van der Waals surface area contributed by atoms with E-state index in [2.05, 4.69) is 63.7 Å². The molecular formula is C15H8Br4Cl2O. The minimum absolute atomic E-state index is 0.148. The molecule has 0 fully saturated rings. The molecule has 0 unspecified atom stereocenters. The van der Waals surface area contributed by atoms with Crippen molar-refractivity contribution in [3.05, 3.63) is 65.5 Å². The highest BCUT2D eigenvalue weighted by molar-refractivity contribution is 9.11. The Morgan fingerprint density at radius 1 is 0.818 bits per heavy atom. The molecule has 116 valence electrons. The van der Waals surface area contributed by atoms with Gasteiger partial charge in [0.15, 0.2) is 5.78 Å². The van der Waals surface area contributed by atoms with Crippen molar-refractivity contribution in [1.82, 2.24) is 0 Å². The summed E-state index contributed by atoms with van der Waals surface area (Å²) < 4.78 is 1.17. The predicted molar refractivity (Wildman–Crippen MR) is 107 cm³/mol. The highest BCUT2D eigenvalue weighted by atomic mass is 79.9. The van der Waals surface area contributed by atoms with E-state index in [0.717, 1.165) is 11.1 Å². The van der Waals surface area contributed by atoms with Crippen LogP contribution in [-0.4, -0.2) is 5.78 Å². The second kappa shape index (κ2) is 8.13. The molecule has 0 radical (unpaired) electrons. The zero-order chi connectivity index (χ0) is 16.4. The molecule has 0 amide bonds.